The van der Waals surface area contributed by atoms with Crippen molar-refractivity contribution in [3.63, 3.8) is 0 Å². The summed E-state index contributed by atoms with van der Waals surface area (Å²) >= 11 is 8.87. The van der Waals surface area contributed by atoms with Crippen molar-refractivity contribution in [3.8, 4) is 5.75 Å². The van der Waals surface area contributed by atoms with Crippen LogP contribution in [0.25, 0.3) is 0 Å². The Morgan fingerprint density at radius 2 is 2.33 bits per heavy atom. The molecule has 0 amide bonds. The minimum Gasteiger partial charge on any atom is -0.462 e. The monoisotopic (exact) mass is 294 g/mol. The molecule has 1 rings (SSSR count). The molecular formula is C10H9BrClFO2. The molecule has 0 radical (unpaired) electrons. The summed E-state index contributed by atoms with van der Waals surface area (Å²) in [5.41, 5.74) is 0.290. The molecule has 1 atom stereocenters. The number of hydrogen-bond acceptors (Lipinski definition) is 2. The molecule has 0 spiro atoms. The third kappa shape index (κ3) is 3.18. The molecule has 0 aliphatic rings. The zero-order chi connectivity index (χ0) is 11.4. The van der Waals surface area contributed by atoms with Gasteiger partial charge in [-0.3, -0.25) is 4.79 Å². The van der Waals surface area contributed by atoms with Crippen molar-refractivity contribution in [2.24, 2.45) is 0 Å². The molecule has 1 unspecified atom stereocenters. The van der Waals surface area contributed by atoms with Crippen LogP contribution in [0.2, 0.25) is 0 Å². The number of alkyl halides is 2. The van der Waals surface area contributed by atoms with Gasteiger partial charge in [-0.05, 0) is 25.1 Å². The Morgan fingerprint density at radius 3 is 2.87 bits per heavy atom. The van der Waals surface area contributed by atoms with Crippen LogP contribution in [0.3, 0.4) is 0 Å². The third-order valence-electron chi connectivity index (χ3n) is 1.78. The molecule has 0 saturated heterocycles. The Balaban J connectivity index is 3.10. The maximum Gasteiger partial charge on any atom is 0.228 e. The lowest BCUT2D eigenvalue weighted by atomic mass is 10.1. The fraction of sp³-hybridized carbons (Fsp3) is 0.300. The van der Waals surface area contributed by atoms with E-state index >= 15 is 0 Å². The van der Waals surface area contributed by atoms with Gasteiger partial charge in [0.2, 0.25) is 6.86 Å². The van der Waals surface area contributed by atoms with Crippen LogP contribution in [-0.2, 0) is 0 Å². The van der Waals surface area contributed by atoms with Crippen molar-refractivity contribution in [2.45, 2.75) is 12.3 Å². The highest BCUT2D eigenvalue weighted by Crippen LogP contribution is 2.25. The van der Waals surface area contributed by atoms with Crippen LogP contribution in [0.5, 0.6) is 5.75 Å². The molecule has 82 valence electrons. The van der Waals surface area contributed by atoms with E-state index < -0.39 is 12.2 Å². The van der Waals surface area contributed by atoms with Crippen molar-refractivity contribution in [1.82, 2.24) is 0 Å². The van der Waals surface area contributed by atoms with Gasteiger partial charge >= 0.3 is 0 Å². The fourth-order valence-corrected chi connectivity index (χ4v) is 1.55. The van der Waals surface area contributed by atoms with E-state index in [2.05, 4.69) is 15.9 Å². The minimum atomic E-state index is -0.979. The molecule has 0 N–H and O–H groups in total. The molecule has 0 bridgehead atoms. The van der Waals surface area contributed by atoms with Gasteiger partial charge in [0.1, 0.15) is 5.75 Å². The van der Waals surface area contributed by atoms with Crippen molar-refractivity contribution in [3.05, 3.63) is 28.2 Å². The summed E-state index contributed by atoms with van der Waals surface area (Å²) in [6, 6.07) is 4.76. The van der Waals surface area contributed by atoms with Gasteiger partial charge in [-0.1, -0.05) is 15.9 Å². The van der Waals surface area contributed by atoms with Crippen molar-refractivity contribution in [1.29, 1.82) is 0 Å². The van der Waals surface area contributed by atoms with Gasteiger partial charge in [0.15, 0.2) is 5.78 Å². The maximum absolute atomic E-state index is 12.1. The normalized spacial score (nSPS) is 12.3. The van der Waals surface area contributed by atoms with E-state index in [-0.39, 0.29) is 11.5 Å². The number of Topliss-reactive ketones (excluding diaryl/α,β-unsaturated/α-hetero) is 1. The van der Waals surface area contributed by atoms with E-state index in [4.69, 9.17) is 16.3 Å². The van der Waals surface area contributed by atoms with Crippen LogP contribution < -0.4 is 4.74 Å². The summed E-state index contributed by atoms with van der Waals surface area (Å²) < 4.78 is 17.5. The standard InChI is InChI=1S/C10H9BrClFO2/c1-6(12)10(14)8-3-2-7(11)4-9(8)15-5-13/h2-4,6H,5H2,1H3. The number of benzene rings is 1. The smallest absolute Gasteiger partial charge is 0.228 e. The van der Waals surface area contributed by atoms with E-state index in [1.165, 1.54) is 6.07 Å². The van der Waals surface area contributed by atoms with Crippen LogP contribution in [0.1, 0.15) is 17.3 Å². The van der Waals surface area contributed by atoms with Gasteiger partial charge < -0.3 is 4.74 Å². The van der Waals surface area contributed by atoms with E-state index in [0.717, 1.165) is 0 Å². The Morgan fingerprint density at radius 1 is 1.67 bits per heavy atom. The summed E-state index contributed by atoms with van der Waals surface area (Å²) in [5.74, 6) is -0.0861. The Labute approximate surface area is 101 Å². The lowest BCUT2D eigenvalue weighted by Gasteiger charge is -2.09. The lowest BCUT2D eigenvalue weighted by molar-refractivity contribution is 0.0984. The maximum atomic E-state index is 12.1. The quantitative estimate of drug-likeness (QED) is 0.627. The molecule has 0 saturated carbocycles. The fourth-order valence-electron chi connectivity index (χ4n) is 1.09. The zero-order valence-corrected chi connectivity index (χ0v) is 10.3. The molecule has 2 nitrogen and oxygen atoms in total. The van der Waals surface area contributed by atoms with Crippen molar-refractivity contribution in [2.75, 3.05) is 6.86 Å². The van der Waals surface area contributed by atoms with Gasteiger partial charge in [0.05, 0.1) is 10.9 Å². The van der Waals surface area contributed by atoms with E-state index in [9.17, 15) is 9.18 Å². The predicted molar refractivity (Wildman–Crippen MR) is 60.4 cm³/mol. The highest BCUT2D eigenvalue weighted by Gasteiger charge is 2.17. The van der Waals surface area contributed by atoms with E-state index in [1.807, 2.05) is 0 Å². The second kappa shape index (κ2) is 5.47. The van der Waals surface area contributed by atoms with Crippen LogP contribution >= 0.6 is 27.5 Å². The van der Waals surface area contributed by atoms with Crippen LogP contribution in [0, 0.1) is 0 Å². The topological polar surface area (TPSA) is 26.3 Å². The second-order valence-corrected chi connectivity index (χ2v) is 4.44. The molecular weight excluding hydrogens is 286 g/mol. The van der Waals surface area contributed by atoms with Gasteiger partial charge in [-0.15, -0.1) is 11.6 Å². The number of rotatable bonds is 4. The van der Waals surface area contributed by atoms with Gasteiger partial charge in [-0.2, -0.15) is 0 Å². The van der Waals surface area contributed by atoms with Crippen LogP contribution in [-0.4, -0.2) is 18.0 Å². The Hall–Kier alpha value is -0.610. The Kier molecular flexibility index (Phi) is 4.54. The summed E-state index contributed by atoms with van der Waals surface area (Å²) in [5, 5.41) is -0.659. The van der Waals surface area contributed by atoms with Gasteiger partial charge in [0, 0.05) is 4.47 Å². The number of carbonyl (C=O) groups excluding carboxylic acids is 1. The lowest BCUT2D eigenvalue weighted by Crippen LogP contribution is -2.12. The number of hydrogen-bond donors (Lipinski definition) is 0. The summed E-state index contributed by atoms with van der Waals surface area (Å²) in [4.78, 5) is 11.6. The molecule has 1 aromatic carbocycles. The molecule has 5 heteroatoms. The van der Waals surface area contributed by atoms with Crippen molar-refractivity contribution < 1.29 is 13.9 Å². The van der Waals surface area contributed by atoms with Crippen molar-refractivity contribution >= 4 is 33.3 Å². The molecule has 0 aliphatic heterocycles. The van der Waals surface area contributed by atoms with Crippen LogP contribution in [0.4, 0.5) is 4.39 Å². The number of ketones is 1. The highest BCUT2D eigenvalue weighted by molar-refractivity contribution is 9.10. The van der Waals surface area contributed by atoms with E-state index in [0.29, 0.717) is 10.0 Å². The highest BCUT2D eigenvalue weighted by atomic mass is 79.9. The first-order valence-electron chi connectivity index (χ1n) is 4.23. The molecule has 1 aromatic rings. The minimum absolute atomic E-state index is 0.198. The second-order valence-electron chi connectivity index (χ2n) is 2.87. The summed E-state index contributed by atoms with van der Waals surface area (Å²) in [6.07, 6.45) is 0. The first-order valence-corrected chi connectivity index (χ1v) is 5.45. The number of ether oxygens (including phenoxy) is 1. The summed E-state index contributed by atoms with van der Waals surface area (Å²) in [7, 11) is 0. The summed E-state index contributed by atoms with van der Waals surface area (Å²) in [6.45, 7) is 0.582. The SMILES string of the molecule is CC(Cl)C(=O)c1ccc(Br)cc1OCF. The molecule has 0 aliphatic carbocycles. The van der Waals surface area contributed by atoms with Gasteiger partial charge in [0.25, 0.3) is 0 Å². The first kappa shape index (κ1) is 12.5. The van der Waals surface area contributed by atoms with E-state index in [1.54, 1.807) is 19.1 Å². The molecule has 0 aromatic heterocycles. The first-order chi connectivity index (χ1) is 7.06. The zero-order valence-electron chi connectivity index (χ0n) is 7.97. The average molecular weight is 296 g/mol. The molecule has 15 heavy (non-hydrogen) atoms. The van der Waals surface area contributed by atoms with Crippen LogP contribution in [0.15, 0.2) is 22.7 Å². The van der Waals surface area contributed by atoms with Gasteiger partial charge in [-0.25, -0.2) is 4.39 Å². The molecule has 0 heterocycles. The third-order valence-corrected chi connectivity index (χ3v) is 2.47. The number of carbonyl (C=O) groups is 1. The molecule has 0 fully saturated rings. The Bertz CT molecular complexity index is 368. The largest absolute Gasteiger partial charge is 0.462 e. The average Bonchev–Trinajstić information content (AvgIpc) is 2.17. The number of halogens is 3. The predicted octanol–water partition coefficient (Wildman–Crippen LogP) is 3.56.